The number of Topliss-reactive ketones (excluding diaryl/α,β-unsaturated/α-hetero) is 1. The molecule has 0 radical (unpaired) electrons. The summed E-state index contributed by atoms with van der Waals surface area (Å²) in [5.74, 6) is 2.21. The number of quaternary nitrogens is 1. The van der Waals surface area contributed by atoms with Crippen LogP contribution in [-0.4, -0.2) is 33.3 Å². The standard InChI is InChI=1S/C18H18BrNO4S/c1-20-6-5-10-14(11(20)8-12(21)13-4-3-7-25-13)16(22-2)18-17(15(10)19)23-9-24-18/h3-4,7,11H,5-6,8-9H2,1-2H3/p+1/t11-/m0/s1. The Hall–Kier alpha value is -1.57. The van der Waals surface area contributed by atoms with E-state index in [1.807, 2.05) is 17.5 Å². The number of fused-ring (bicyclic) bond motifs is 2. The van der Waals surface area contributed by atoms with Gasteiger partial charge in [-0.1, -0.05) is 6.07 Å². The van der Waals surface area contributed by atoms with Gasteiger partial charge in [-0.25, -0.2) is 0 Å². The Morgan fingerprint density at radius 3 is 2.96 bits per heavy atom. The molecule has 2 aromatic rings. The normalized spacial score (nSPS) is 21.1. The third-order valence-corrected chi connectivity index (χ3v) is 6.70. The van der Waals surface area contributed by atoms with E-state index in [1.165, 1.54) is 16.2 Å². The highest BCUT2D eigenvalue weighted by molar-refractivity contribution is 9.10. The Balaban J connectivity index is 1.80. The number of hydrogen-bond donors (Lipinski definition) is 1. The molecule has 2 atom stereocenters. The van der Waals surface area contributed by atoms with Crippen molar-refractivity contribution in [3.8, 4) is 17.2 Å². The minimum Gasteiger partial charge on any atom is -0.492 e. The van der Waals surface area contributed by atoms with Crippen LogP contribution in [0.5, 0.6) is 17.2 Å². The van der Waals surface area contributed by atoms with Crippen molar-refractivity contribution in [2.75, 3.05) is 27.5 Å². The molecule has 0 fully saturated rings. The van der Waals surface area contributed by atoms with Gasteiger partial charge >= 0.3 is 0 Å². The van der Waals surface area contributed by atoms with Crippen LogP contribution in [0.3, 0.4) is 0 Å². The lowest BCUT2D eigenvalue weighted by Crippen LogP contribution is -3.10. The van der Waals surface area contributed by atoms with E-state index < -0.39 is 0 Å². The molecule has 0 aliphatic carbocycles. The van der Waals surface area contributed by atoms with E-state index in [1.54, 1.807) is 7.11 Å². The first-order valence-corrected chi connectivity index (χ1v) is 9.86. The summed E-state index contributed by atoms with van der Waals surface area (Å²) in [6.45, 7) is 1.14. The van der Waals surface area contributed by atoms with Crippen molar-refractivity contribution in [1.82, 2.24) is 0 Å². The summed E-state index contributed by atoms with van der Waals surface area (Å²) in [7, 11) is 3.78. The van der Waals surface area contributed by atoms with Crippen molar-refractivity contribution in [2.24, 2.45) is 0 Å². The lowest BCUT2D eigenvalue weighted by atomic mass is 9.88. The van der Waals surface area contributed by atoms with Gasteiger partial charge in [0.1, 0.15) is 6.04 Å². The van der Waals surface area contributed by atoms with Gasteiger partial charge in [0.2, 0.25) is 12.5 Å². The second-order valence-corrected chi connectivity index (χ2v) is 8.05. The fourth-order valence-electron chi connectivity index (χ4n) is 3.68. The molecule has 5 nitrogen and oxygen atoms in total. The van der Waals surface area contributed by atoms with Gasteiger partial charge in [-0.3, -0.25) is 4.79 Å². The van der Waals surface area contributed by atoms with Crippen LogP contribution in [0.25, 0.3) is 0 Å². The molecule has 1 N–H and O–H groups in total. The second-order valence-electron chi connectivity index (χ2n) is 6.31. The Labute approximate surface area is 158 Å². The largest absolute Gasteiger partial charge is 0.492 e. The van der Waals surface area contributed by atoms with Gasteiger partial charge < -0.3 is 19.1 Å². The molecule has 1 aromatic carbocycles. The number of rotatable bonds is 4. The Bertz CT molecular complexity index is 821. The van der Waals surface area contributed by atoms with E-state index in [-0.39, 0.29) is 18.6 Å². The van der Waals surface area contributed by atoms with Crippen LogP contribution in [0.15, 0.2) is 22.0 Å². The average molecular weight is 425 g/mol. The lowest BCUT2D eigenvalue weighted by Gasteiger charge is -2.33. The number of benzene rings is 1. The molecule has 2 aliphatic heterocycles. The second kappa shape index (κ2) is 6.63. The summed E-state index contributed by atoms with van der Waals surface area (Å²) >= 11 is 5.17. The third kappa shape index (κ3) is 2.74. The monoisotopic (exact) mass is 424 g/mol. The van der Waals surface area contributed by atoms with Crippen molar-refractivity contribution in [3.05, 3.63) is 38.0 Å². The first-order chi connectivity index (χ1) is 12.1. The van der Waals surface area contributed by atoms with Gasteiger partial charge in [-0.05, 0) is 32.9 Å². The van der Waals surface area contributed by atoms with Gasteiger partial charge in [-0.2, -0.15) is 0 Å². The highest BCUT2D eigenvalue weighted by Crippen LogP contribution is 2.52. The molecule has 2 aliphatic rings. The van der Waals surface area contributed by atoms with Crippen LogP contribution in [0.2, 0.25) is 0 Å². The van der Waals surface area contributed by atoms with E-state index in [2.05, 4.69) is 23.0 Å². The number of likely N-dealkylation sites (N-methyl/N-ethyl adjacent to an activating group) is 1. The Kier molecular flexibility index (Phi) is 4.47. The third-order valence-electron chi connectivity index (χ3n) is 4.96. The van der Waals surface area contributed by atoms with Crippen LogP contribution in [0.1, 0.15) is 33.3 Å². The predicted molar refractivity (Wildman–Crippen MR) is 98.3 cm³/mol. The maximum Gasteiger partial charge on any atom is 0.231 e. The van der Waals surface area contributed by atoms with E-state index in [0.29, 0.717) is 23.7 Å². The molecule has 0 spiro atoms. The van der Waals surface area contributed by atoms with Crippen molar-refractivity contribution in [3.63, 3.8) is 0 Å². The number of thiophene rings is 1. The van der Waals surface area contributed by atoms with E-state index in [4.69, 9.17) is 14.2 Å². The van der Waals surface area contributed by atoms with Gasteiger partial charge in [0.25, 0.3) is 0 Å². The van der Waals surface area contributed by atoms with E-state index >= 15 is 0 Å². The van der Waals surface area contributed by atoms with E-state index in [0.717, 1.165) is 33.4 Å². The molecule has 1 aromatic heterocycles. The fourth-order valence-corrected chi connectivity index (χ4v) is 5.06. The first kappa shape index (κ1) is 16.9. The summed E-state index contributed by atoms with van der Waals surface area (Å²) < 4.78 is 17.9. The zero-order valence-corrected chi connectivity index (χ0v) is 16.5. The number of ether oxygens (including phenoxy) is 3. The molecule has 0 saturated carbocycles. The zero-order valence-electron chi connectivity index (χ0n) is 14.1. The molecule has 4 rings (SSSR count). The maximum atomic E-state index is 12.7. The molecule has 0 saturated heterocycles. The summed E-state index contributed by atoms with van der Waals surface area (Å²) in [5.41, 5.74) is 2.22. The number of halogens is 1. The fraction of sp³-hybridized carbons (Fsp3) is 0.389. The zero-order chi connectivity index (χ0) is 17.6. The van der Waals surface area contributed by atoms with Gasteiger partial charge in [-0.15, -0.1) is 11.3 Å². The number of ketones is 1. The summed E-state index contributed by atoms with van der Waals surface area (Å²) in [6.07, 6.45) is 1.35. The first-order valence-electron chi connectivity index (χ1n) is 8.18. The van der Waals surface area contributed by atoms with Crippen LogP contribution < -0.4 is 19.1 Å². The number of carbonyl (C=O) groups excluding carboxylic acids is 1. The molecular formula is C18H19BrNO4S+. The highest BCUT2D eigenvalue weighted by atomic mass is 79.9. The quantitative estimate of drug-likeness (QED) is 0.766. The SMILES string of the molecule is COc1c2c(c(Br)c3c1[C@H](CC(=O)c1cccs1)[NH+](C)CC3)OCO2. The van der Waals surface area contributed by atoms with Crippen molar-refractivity contribution in [2.45, 2.75) is 18.9 Å². The minimum atomic E-state index is 0.0269. The van der Waals surface area contributed by atoms with Gasteiger partial charge in [0.05, 0.1) is 42.0 Å². The lowest BCUT2D eigenvalue weighted by molar-refractivity contribution is -0.913. The highest BCUT2D eigenvalue weighted by Gasteiger charge is 2.39. The molecule has 132 valence electrons. The number of methoxy groups -OCH3 is 1. The summed E-state index contributed by atoms with van der Waals surface area (Å²) in [6, 6.07) is 3.83. The van der Waals surface area contributed by atoms with Crippen LogP contribution in [0.4, 0.5) is 0 Å². The smallest absolute Gasteiger partial charge is 0.231 e. The molecular weight excluding hydrogens is 406 g/mol. The van der Waals surface area contributed by atoms with Crippen LogP contribution in [-0.2, 0) is 6.42 Å². The van der Waals surface area contributed by atoms with E-state index in [9.17, 15) is 4.79 Å². The van der Waals surface area contributed by atoms with Gasteiger partial charge in [0, 0.05) is 6.42 Å². The molecule has 3 heterocycles. The molecule has 0 amide bonds. The molecule has 0 bridgehead atoms. The summed E-state index contributed by atoms with van der Waals surface area (Å²) in [4.78, 5) is 14.8. The number of hydrogen-bond acceptors (Lipinski definition) is 5. The molecule has 7 heteroatoms. The average Bonchev–Trinajstić information content (AvgIpc) is 3.29. The van der Waals surface area contributed by atoms with Crippen molar-refractivity contribution < 1.29 is 23.9 Å². The van der Waals surface area contributed by atoms with Gasteiger partial charge in [0.15, 0.2) is 17.3 Å². The Morgan fingerprint density at radius 2 is 2.24 bits per heavy atom. The minimum absolute atomic E-state index is 0.0269. The number of carbonyl (C=O) groups is 1. The maximum absolute atomic E-state index is 12.7. The van der Waals surface area contributed by atoms with Crippen molar-refractivity contribution >= 4 is 33.0 Å². The predicted octanol–water partition coefficient (Wildman–Crippen LogP) is 2.63. The van der Waals surface area contributed by atoms with Crippen molar-refractivity contribution in [1.29, 1.82) is 0 Å². The molecule has 1 unspecified atom stereocenters. The Morgan fingerprint density at radius 1 is 1.44 bits per heavy atom. The topological polar surface area (TPSA) is 49.2 Å². The van der Waals surface area contributed by atoms with Crippen LogP contribution in [0, 0.1) is 0 Å². The number of nitrogens with one attached hydrogen (secondary N) is 1. The summed E-state index contributed by atoms with van der Waals surface area (Å²) in [5, 5.41) is 1.94. The van der Waals surface area contributed by atoms with Crippen LogP contribution >= 0.6 is 27.3 Å². The molecule has 25 heavy (non-hydrogen) atoms.